The molecule has 10 heteroatoms. The molecule has 0 aliphatic rings. The maximum atomic E-state index is 12.2. The lowest BCUT2D eigenvalue weighted by Gasteiger charge is -2.10. The van der Waals surface area contributed by atoms with Crippen molar-refractivity contribution in [2.45, 2.75) is 6.54 Å². The molecule has 0 aliphatic carbocycles. The van der Waals surface area contributed by atoms with E-state index in [1.165, 1.54) is 4.57 Å². The van der Waals surface area contributed by atoms with Gasteiger partial charge >= 0.3 is 5.97 Å². The minimum absolute atomic E-state index is 0.00498. The average molecular weight is 419 g/mol. The molecule has 8 nitrogen and oxygen atoms in total. The zero-order valence-electron chi connectivity index (χ0n) is 14.1. The third-order valence-corrected chi connectivity index (χ3v) is 4.82. The molecule has 0 saturated heterocycles. The number of aliphatic carboxylic acids is 1. The van der Waals surface area contributed by atoms with E-state index in [-0.39, 0.29) is 33.3 Å². The van der Waals surface area contributed by atoms with E-state index < -0.39 is 29.9 Å². The highest BCUT2D eigenvalue weighted by Gasteiger charge is 2.27. The molecule has 2 heterocycles. The summed E-state index contributed by atoms with van der Waals surface area (Å²) in [6.45, 7) is -0.424. The third-order valence-electron chi connectivity index (χ3n) is 3.96. The number of aromatic hydroxyl groups is 1. The van der Waals surface area contributed by atoms with E-state index in [1.807, 2.05) is 36.4 Å². The summed E-state index contributed by atoms with van der Waals surface area (Å²) in [6, 6.07) is 11.1. The summed E-state index contributed by atoms with van der Waals surface area (Å²) in [4.78, 5) is 26.7. The van der Waals surface area contributed by atoms with Crippen LogP contribution in [0.5, 0.6) is 5.75 Å². The van der Waals surface area contributed by atoms with Crippen molar-refractivity contribution < 1.29 is 19.8 Å². The topological polar surface area (TPSA) is 128 Å². The quantitative estimate of drug-likeness (QED) is 0.584. The fourth-order valence-electron chi connectivity index (χ4n) is 2.75. The summed E-state index contributed by atoms with van der Waals surface area (Å²) in [5.41, 5.74) is 0.344. The second-order valence-electron chi connectivity index (χ2n) is 5.75. The van der Waals surface area contributed by atoms with Crippen molar-refractivity contribution in [1.29, 1.82) is 5.26 Å². The predicted molar refractivity (Wildman–Crippen MR) is 102 cm³/mol. The number of hydrogen-bond acceptors (Lipinski definition) is 5. The van der Waals surface area contributed by atoms with E-state index in [0.717, 1.165) is 5.56 Å². The molecule has 0 aliphatic heterocycles. The minimum atomic E-state index is -1.27. The van der Waals surface area contributed by atoms with Crippen LogP contribution in [0.15, 0.2) is 30.3 Å². The number of rotatable bonds is 5. The molecule has 3 N–H and O–H groups in total. The number of aromatic nitrogens is 2. The first-order chi connectivity index (χ1) is 13.3. The number of pyridine rings is 1. The van der Waals surface area contributed by atoms with Crippen molar-refractivity contribution in [1.82, 2.24) is 14.9 Å². The first-order valence-electron chi connectivity index (χ1n) is 7.89. The first-order valence-corrected chi connectivity index (χ1v) is 8.64. The van der Waals surface area contributed by atoms with E-state index in [4.69, 9.17) is 28.3 Å². The number of hydrogen-bond donors (Lipinski definition) is 3. The Morgan fingerprint density at radius 3 is 2.54 bits per heavy atom. The molecular weight excluding hydrogens is 407 g/mol. The van der Waals surface area contributed by atoms with Gasteiger partial charge in [-0.15, -0.1) is 0 Å². The Balaban J connectivity index is 2.20. The number of carbonyl (C=O) groups excluding carboxylic acids is 1. The van der Waals surface area contributed by atoms with Crippen LogP contribution in [0.3, 0.4) is 0 Å². The molecule has 0 atom stereocenters. The number of nitrogens with one attached hydrogen (secondary N) is 1. The standard InChI is InChI=1S/C18H12Cl2N4O4/c19-13-12-15(24(17(13)20)8-9-4-2-1-3-5-9)10(6-21)23-14(16(12)27)18(28)22-7-11(25)26/h1-5,27H,7-8H2,(H,22,28)(H,25,26). The second-order valence-corrected chi connectivity index (χ2v) is 6.48. The van der Waals surface area contributed by atoms with Crippen molar-refractivity contribution >= 4 is 46.0 Å². The number of carbonyl (C=O) groups is 2. The van der Waals surface area contributed by atoms with E-state index in [2.05, 4.69) is 10.3 Å². The largest absolute Gasteiger partial charge is 0.505 e. The van der Waals surface area contributed by atoms with Crippen molar-refractivity contribution in [2.75, 3.05) is 6.54 Å². The van der Waals surface area contributed by atoms with E-state index in [0.29, 0.717) is 0 Å². The normalized spacial score (nSPS) is 10.6. The van der Waals surface area contributed by atoms with Crippen molar-refractivity contribution in [3.8, 4) is 11.8 Å². The van der Waals surface area contributed by atoms with Gasteiger partial charge in [0.1, 0.15) is 17.8 Å². The van der Waals surface area contributed by atoms with Crippen LogP contribution in [0.25, 0.3) is 10.9 Å². The van der Waals surface area contributed by atoms with Crippen LogP contribution in [0.4, 0.5) is 0 Å². The number of halogens is 2. The zero-order valence-corrected chi connectivity index (χ0v) is 15.6. The number of carboxylic acid groups (broad SMARTS) is 1. The third kappa shape index (κ3) is 3.45. The fraction of sp³-hybridized carbons (Fsp3) is 0.111. The molecule has 0 fully saturated rings. The molecule has 0 bridgehead atoms. The molecule has 1 amide bonds. The Labute approximate surface area is 168 Å². The Morgan fingerprint density at radius 2 is 1.93 bits per heavy atom. The van der Waals surface area contributed by atoms with Gasteiger partial charge in [-0.1, -0.05) is 53.5 Å². The highest BCUT2D eigenvalue weighted by atomic mass is 35.5. The molecule has 3 aromatic rings. The number of amides is 1. The summed E-state index contributed by atoms with van der Waals surface area (Å²) >= 11 is 12.6. The summed E-state index contributed by atoms with van der Waals surface area (Å²) < 4.78 is 1.51. The van der Waals surface area contributed by atoms with Crippen LogP contribution < -0.4 is 5.32 Å². The molecule has 3 rings (SSSR count). The van der Waals surface area contributed by atoms with Crippen LogP contribution in [-0.2, 0) is 11.3 Å². The lowest BCUT2D eigenvalue weighted by atomic mass is 10.1. The number of nitriles is 1. The van der Waals surface area contributed by atoms with Gasteiger partial charge in [0.05, 0.1) is 15.9 Å². The monoisotopic (exact) mass is 418 g/mol. The fourth-order valence-corrected chi connectivity index (χ4v) is 3.27. The molecule has 142 valence electrons. The smallest absolute Gasteiger partial charge is 0.322 e. The van der Waals surface area contributed by atoms with Gasteiger partial charge in [-0.2, -0.15) is 5.26 Å². The maximum absolute atomic E-state index is 12.2. The van der Waals surface area contributed by atoms with Gasteiger partial charge < -0.3 is 20.1 Å². The number of benzene rings is 1. The van der Waals surface area contributed by atoms with Gasteiger partial charge in [-0.05, 0) is 5.56 Å². The molecule has 0 unspecified atom stereocenters. The summed E-state index contributed by atoms with van der Waals surface area (Å²) in [5.74, 6) is -2.82. The molecule has 1 aromatic carbocycles. The van der Waals surface area contributed by atoms with Gasteiger partial charge in [0, 0.05) is 6.54 Å². The summed E-state index contributed by atoms with van der Waals surface area (Å²) in [5, 5.41) is 30.9. The Kier molecular flexibility index (Phi) is 5.40. The highest BCUT2D eigenvalue weighted by molar-refractivity contribution is 6.46. The Hall–Kier alpha value is -3.28. The van der Waals surface area contributed by atoms with E-state index in [9.17, 15) is 20.0 Å². The van der Waals surface area contributed by atoms with E-state index >= 15 is 0 Å². The van der Waals surface area contributed by atoms with Gasteiger partial charge in [0.15, 0.2) is 17.1 Å². The SMILES string of the molecule is N#Cc1nc(C(=O)NCC(=O)O)c(O)c2c(Cl)c(Cl)n(Cc3ccccc3)c12. The molecule has 0 saturated carbocycles. The number of nitrogens with zero attached hydrogens (tertiary/aromatic N) is 3. The van der Waals surface area contributed by atoms with Gasteiger partial charge in [-0.3, -0.25) is 9.59 Å². The lowest BCUT2D eigenvalue weighted by Crippen LogP contribution is -2.30. The van der Waals surface area contributed by atoms with Gasteiger partial charge in [0.25, 0.3) is 5.91 Å². The highest BCUT2D eigenvalue weighted by Crippen LogP contribution is 2.42. The first kappa shape index (κ1) is 19.5. The Bertz CT molecular complexity index is 1140. The predicted octanol–water partition coefficient (Wildman–Crippen LogP) is 2.78. The average Bonchev–Trinajstić information content (AvgIpc) is 2.93. The second kappa shape index (κ2) is 7.76. The minimum Gasteiger partial charge on any atom is -0.505 e. The Morgan fingerprint density at radius 1 is 1.25 bits per heavy atom. The van der Waals surface area contributed by atoms with Crippen LogP contribution >= 0.6 is 23.2 Å². The maximum Gasteiger partial charge on any atom is 0.322 e. The molecular formula is C18H12Cl2N4O4. The van der Waals surface area contributed by atoms with Gasteiger partial charge in [0.2, 0.25) is 0 Å². The molecule has 0 spiro atoms. The lowest BCUT2D eigenvalue weighted by molar-refractivity contribution is -0.135. The van der Waals surface area contributed by atoms with Crippen molar-refractivity contribution in [3.05, 3.63) is 57.5 Å². The summed E-state index contributed by atoms with van der Waals surface area (Å²) in [7, 11) is 0. The van der Waals surface area contributed by atoms with Crippen LogP contribution in [0, 0.1) is 11.3 Å². The molecule has 0 radical (unpaired) electrons. The van der Waals surface area contributed by atoms with Crippen molar-refractivity contribution in [2.24, 2.45) is 0 Å². The number of carboxylic acids is 1. The molecule has 2 aromatic heterocycles. The number of fused-ring (bicyclic) bond motifs is 1. The molecule has 28 heavy (non-hydrogen) atoms. The van der Waals surface area contributed by atoms with Crippen molar-refractivity contribution in [3.63, 3.8) is 0 Å². The summed E-state index contributed by atoms with van der Waals surface area (Å²) in [6.07, 6.45) is 0. The van der Waals surface area contributed by atoms with Gasteiger partial charge in [-0.25, -0.2) is 4.98 Å². The zero-order chi connectivity index (χ0) is 20.4. The van der Waals surface area contributed by atoms with E-state index in [1.54, 1.807) is 0 Å². The van der Waals surface area contributed by atoms with Crippen LogP contribution in [-0.4, -0.2) is 38.2 Å². The van der Waals surface area contributed by atoms with Crippen LogP contribution in [0.2, 0.25) is 10.2 Å². The van der Waals surface area contributed by atoms with Crippen LogP contribution in [0.1, 0.15) is 21.7 Å².